The van der Waals surface area contributed by atoms with E-state index in [1.54, 1.807) is 0 Å². The molecule has 1 atom stereocenters. The molecule has 1 N–H and O–H groups in total. The van der Waals surface area contributed by atoms with E-state index in [1.165, 1.54) is 19.1 Å². The van der Waals surface area contributed by atoms with Crippen LogP contribution in [0.2, 0.25) is 0 Å². The van der Waals surface area contributed by atoms with Crippen LogP contribution in [0.3, 0.4) is 0 Å². The minimum absolute atomic E-state index is 0.0774. The van der Waals surface area contributed by atoms with Crippen LogP contribution in [-0.4, -0.2) is 17.3 Å². The lowest BCUT2D eigenvalue weighted by Crippen LogP contribution is -2.31. The Hall–Kier alpha value is -1.23. The molecule has 0 aliphatic rings. The zero-order valence-electron chi connectivity index (χ0n) is 9.42. The van der Waals surface area contributed by atoms with E-state index in [1.807, 2.05) is 0 Å². The van der Waals surface area contributed by atoms with Crippen molar-refractivity contribution in [3.63, 3.8) is 0 Å². The largest absolute Gasteiger partial charge is 0.491 e. The Morgan fingerprint density at radius 2 is 2.00 bits per heavy atom. The third-order valence-corrected chi connectivity index (χ3v) is 2.25. The molecule has 0 fully saturated rings. The standard InChI is InChI=1S/C12H14F3O2/c1-3-11(2,16)8-17-10-6-4-5-9(7-10)12(13,14)15/h4-7,16H,1,3,8H2,2H3. The Morgan fingerprint density at radius 3 is 2.53 bits per heavy atom. The fourth-order valence-electron chi connectivity index (χ4n) is 1.07. The van der Waals surface area contributed by atoms with Gasteiger partial charge >= 0.3 is 6.18 Å². The normalized spacial score (nSPS) is 15.4. The van der Waals surface area contributed by atoms with E-state index < -0.39 is 17.3 Å². The van der Waals surface area contributed by atoms with Gasteiger partial charge in [-0.1, -0.05) is 13.0 Å². The van der Waals surface area contributed by atoms with Gasteiger partial charge in [0.15, 0.2) is 0 Å². The zero-order valence-corrected chi connectivity index (χ0v) is 9.42. The van der Waals surface area contributed by atoms with Gasteiger partial charge in [-0.2, -0.15) is 13.2 Å². The summed E-state index contributed by atoms with van der Waals surface area (Å²) in [5.74, 6) is 0.0774. The second-order valence-electron chi connectivity index (χ2n) is 4.06. The predicted molar refractivity (Wildman–Crippen MR) is 57.5 cm³/mol. The van der Waals surface area contributed by atoms with Crippen molar-refractivity contribution in [1.29, 1.82) is 0 Å². The number of hydrogen-bond donors (Lipinski definition) is 1. The average Bonchev–Trinajstić information content (AvgIpc) is 2.26. The van der Waals surface area contributed by atoms with Crippen LogP contribution < -0.4 is 4.74 Å². The molecule has 0 spiro atoms. The maximum atomic E-state index is 12.4. The van der Waals surface area contributed by atoms with Crippen LogP contribution in [0, 0.1) is 6.92 Å². The van der Waals surface area contributed by atoms with Gasteiger partial charge in [0.05, 0.1) is 11.2 Å². The van der Waals surface area contributed by atoms with Crippen LogP contribution in [0.5, 0.6) is 5.75 Å². The Kier molecular flexibility index (Phi) is 4.03. The number of ether oxygens (including phenoxy) is 1. The van der Waals surface area contributed by atoms with Crippen molar-refractivity contribution in [2.24, 2.45) is 0 Å². The van der Waals surface area contributed by atoms with Crippen LogP contribution >= 0.6 is 0 Å². The maximum absolute atomic E-state index is 12.4. The van der Waals surface area contributed by atoms with Gasteiger partial charge in [0.1, 0.15) is 12.4 Å². The highest BCUT2D eigenvalue weighted by Crippen LogP contribution is 2.31. The first-order valence-corrected chi connectivity index (χ1v) is 5.06. The van der Waals surface area contributed by atoms with Crippen molar-refractivity contribution in [2.75, 3.05) is 6.61 Å². The van der Waals surface area contributed by atoms with E-state index in [9.17, 15) is 18.3 Å². The van der Waals surface area contributed by atoms with E-state index in [4.69, 9.17) is 4.74 Å². The van der Waals surface area contributed by atoms with Gasteiger partial charge < -0.3 is 9.84 Å². The number of hydrogen-bond acceptors (Lipinski definition) is 2. The Labute approximate surface area is 98.0 Å². The minimum Gasteiger partial charge on any atom is -0.491 e. The minimum atomic E-state index is -4.39. The van der Waals surface area contributed by atoms with Crippen molar-refractivity contribution in [3.05, 3.63) is 36.8 Å². The molecule has 1 rings (SSSR count). The fourth-order valence-corrected chi connectivity index (χ4v) is 1.07. The number of aliphatic hydroxyl groups is 1. The van der Waals surface area contributed by atoms with Gasteiger partial charge in [0.25, 0.3) is 0 Å². The number of rotatable bonds is 4. The van der Waals surface area contributed by atoms with Gasteiger partial charge in [0.2, 0.25) is 0 Å². The summed E-state index contributed by atoms with van der Waals surface area (Å²) in [5.41, 5.74) is -1.92. The molecule has 2 nitrogen and oxygen atoms in total. The van der Waals surface area contributed by atoms with Crippen molar-refractivity contribution in [2.45, 2.75) is 25.1 Å². The summed E-state index contributed by atoms with van der Waals surface area (Å²) in [6.07, 6.45) is -4.18. The molecule has 1 unspecified atom stereocenters. The van der Waals surface area contributed by atoms with Gasteiger partial charge in [-0.15, -0.1) is 0 Å². The van der Waals surface area contributed by atoms with Crippen LogP contribution in [-0.2, 0) is 6.18 Å². The topological polar surface area (TPSA) is 29.5 Å². The lowest BCUT2D eigenvalue weighted by atomic mass is 10.1. The highest BCUT2D eigenvalue weighted by Gasteiger charge is 2.30. The Bertz CT molecular complexity index is 372. The SMILES string of the molecule is [CH2]CC(C)(O)COc1cccc(C(F)(F)F)c1. The molecule has 1 aromatic carbocycles. The van der Waals surface area contributed by atoms with E-state index in [-0.39, 0.29) is 18.8 Å². The molecule has 95 valence electrons. The first-order valence-electron chi connectivity index (χ1n) is 5.06. The van der Waals surface area contributed by atoms with Crippen molar-refractivity contribution >= 4 is 0 Å². The Balaban J connectivity index is 2.74. The first kappa shape index (κ1) is 13.8. The molecule has 0 aliphatic carbocycles. The molecule has 0 saturated heterocycles. The van der Waals surface area contributed by atoms with Gasteiger partial charge in [-0.25, -0.2) is 0 Å². The molecule has 0 saturated carbocycles. The molecule has 0 aliphatic heterocycles. The lowest BCUT2D eigenvalue weighted by molar-refractivity contribution is -0.137. The second kappa shape index (κ2) is 4.96. The molecular formula is C12H14F3O2. The zero-order chi connectivity index (χ0) is 13.1. The summed E-state index contributed by atoms with van der Waals surface area (Å²) in [6.45, 7) is 4.92. The number of benzene rings is 1. The van der Waals surface area contributed by atoms with Gasteiger partial charge in [-0.3, -0.25) is 0 Å². The molecule has 0 amide bonds. The monoisotopic (exact) mass is 247 g/mol. The molecule has 0 bridgehead atoms. The summed E-state index contributed by atoms with van der Waals surface area (Å²) in [4.78, 5) is 0. The average molecular weight is 247 g/mol. The van der Waals surface area contributed by atoms with Crippen LogP contribution in [0.4, 0.5) is 13.2 Å². The predicted octanol–water partition coefficient (Wildman–Crippen LogP) is 3.06. The lowest BCUT2D eigenvalue weighted by Gasteiger charge is -2.21. The first-order chi connectivity index (χ1) is 7.74. The molecule has 17 heavy (non-hydrogen) atoms. The fraction of sp³-hybridized carbons (Fsp3) is 0.417. The summed E-state index contributed by atoms with van der Waals surface area (Å²) in [5, 5.41) is 9.60. The number of alkyl halides is 3. The molecule has 1 aromatic rings. The third-order valence-electron chi connectivity index (χ3n) is 2.25. The van der Waals surface area contributed by atoms with Gasteiger partial charge in [0, 0.05) is 0 Å². The summed E-state index contributed by atoms with van der Waals surface area (Å²) in [7, 11) is 0. The van der Waals surface area contributed by atoms with Crippen LogP contribution in [0.25, 0.3) is 0 Å². The second-order valence-corrected chi connectivity index (χ2v) is 4.06. The number of halogens is 3. The van der Waals surface area contributed by atoms with E-state index in [0.29, 0.717) is 0 Å². The van der Waals surface area contributed by atoms with Crippen molar-refractivity contribution < 1.29 is 23.0 Å². The van der Waals surface area contributed by atoms with Gasteiger partial charge in [-0.05, 0) is 31.5 Å². The molecule has 0 aromatic heterocycles. The Morgan fingerprint density at radius 1 is 1.35 bits per heavy atom. The van der Waals surface area contributed by atoms with E-state index in [0.717, 1.165) is 12.1 Å². The van der Waals surface area contributed by atoms with Crippen LogP contribution in [0.15, 0.2) is 24.3 Å². The summed E-state index contributed by atoms with van der Waals surface area (Å²) >= 11 is 0. The highest BCUT2D eigenvalue weighted by molar-refractivity contribution is 5.30. The van der Waals surface area contributed by atoms with Crippen molar-refractivity contribution in [3.8, 4) is 5.75 Å². The molecule has 0 heterocycles. The third kappa shape index (κ3) is 4.26. The molecular weight excluding hydrogens is 233 g/mol. The van der Waals surface area contributed by atoms with Crippen molar-refractivity contribution in [1.82, 2.24) is 0 Å². The summed E-state index contributed by atoms with van der Waals surface area (Å²) < 4.78 is 42.3. The van der Waals surface area contributed by atoms with E-state index in [2.05, 4.69) is 6.92 Å². The van der Waals surface area contributed by atoms with E-state index >= 15 is 0 Å². The highest BCUT2D eigenvalue weighted by atomic mass is 19.4. The summed E-state index contributed by atoms with van der Waals surface area (Å²) in [6, 6.07) is 4.54. The van der Waals surface area contributed by atoms with Crippen LogP contribution in [0.1, 0.15) is 18.9 Å². The molecule has 1 radical (unpaired) electrons. The smallest absolute Gasteiger partial charge is 0.416 e. The molecule has 5 heteroatoms. The maximum Gasteiger partial charge on any atom is 0.416 e. The quantitative estimate of drug-likeness (QED) is 0.886.